The molecule has 0 saturated carbocycles. The number of nitrogens with one attached hydrogen (secondary N) is 1. The van der Waals surface area contributed by atoms with Crippen LogP contribution in [0.4, 0.5) is 5.13 Å². The molecule has 86 valence electrons. The second-order valence-electron chi connectivity index (χ2n) is 3.76. The van der Waals surface area contributed by atoms with Gasteiger partial charge in [-0.05, 0) is 43.0 Å². The molecule has 0 fully saturated rings. The maximum absolute atomic E-state index is 4.57. The van der Waals surface area contributed by atoms with Gasteiger partial charge in [-0.1, -0.05) is 17.4 Å². The third-order valence-electron chi connectivity index (χ3n) is 2.34. The van der Waals surface area contributed by atoms with Gasteiger partial charge in [0.25, 0.3) is 0 Å². The number of anilines is 1. The predicted molar refractivity (Wildman–Crippen MR) is 75.8 cm³/mol. The van der Waals surface area contributed by atoms with Crippen LogP contribution >= 0.6 is 23.1 Å². The number of hydrogen-bond acceptors (Lipinski definition) is 4. The first kappa shape index (κ1) is 11.7. The molecule has 0 aliphatic heterocycles. The quantitative estimate of drug-likeness (QED) is 0.820. The van der Waals surface area contributed by atoms with E-state index in [1.807, 2.05) is 11.8 Å². The summed E-state index contributed by atoms with van der Waals surface area (Å²) in [4.78, 5) is 4.57. The first-order chi connectivity index (χ1) is 7.79. The Morgan fingerprint density at radius 2 is 2.31 bits per heavy atom. The fourth-order valence-electron chi connectivity index (χ4n) is 1.52. The second-order valence-corrected chi connectivity index (χ2v) is 5.78. The summed E-state index contributed by atoms with van der Waals surface area (Å²) < 4.78 is 1.26. The fourth-order valence-corrected chi connectivity index (χ4v) is 2.83. The molecule has 2 aromatic rings. The van der Waals surface area contributed by atoms with Crippen LogP contribution in [0.2, 0.25) is 0 Å². The Bertz CT molecular complexity index is 465. The van der Waals surface area contributed by atoms with E-state index < -0.39 is 0 Å². The number of aromatic nitrogens is 1. The van der Waals surface area contributed by atoms with Gasteiger partial charge in [-0.15, -0.1) is 0 Å². The van der Waals surface area contributed by atoms with E-state index in [9.17, 15) is 0 Å². The zero-order valence-electron chi connectivity index (χ0n) is 9.62. The summed E-state index contributed by atoms with van der Waals surface area (Å²) in [6.07, 6.45) is 3.33. The van der Waals surface area contributed by atoms with Gasteiger partial charge in [0, 0.05) is 6.54 Å². The summed E-state index contributed by atoms with van der Waals surface area (Å²) in [6, 6.07) is 6.42. The van der Waals surface area contributed by atoms with Crippen LogP contribution in [0.25, 0.3) is 10.2 Å². The second kappa shape index (κ2) is 5.55. The van der Waals surface area contributed by atoms with Crippen LogP contribution in [0.15, 0.2) is 18.2 Å². The van der Waals surface area contributed by atoms with E-state index in [2.05, 4.69) is 41.7 Å². The predicted octanol–water partition coefficient (Wildman–Crippen LogP) is 3.77. The number of aryl methyl sites for hydroxylation is 1. The lowest BCUT2D eigenvalue weighted by Crippen LogP contribution is -2.01. The van der Waals surface area contributed by atoms with Gasteiger partial charge in [0.15, 0.2) is 5.13 Å². The third kappa shape index (κ3) is 2.89. The van der Waals surface area contributed by atoms with E-state index in [-0.39, 0.29) is 0 Å². The van der Waals surface area contributed by atoms with Crippen LogP contribution in [-0.2, 0) is 0 Å². The minimum Gasteiger partial charge on any atom is -0.361 e. The topological polar surface area (TPSA) is 24.9 Å². The zero-order chi connectivity index (χ0) is 11.4. The average Bonchev–Trinajstić information content (AvgIpc) is 2.66. The SMILES string of the molecule is CSCCCNc1nc2cc(C)ccc2s1. The molecule has 0 saturated heterocycles. The molecule has 0 atom stereocenters. The minimum absolute atomic E-state index is 1.01. The highest BCUT2D eigenvalue weighted by Crippen LogP contribution is 2.26. The molecular formula is C12H16N2S2. The monoisotopic (exact) mass is 252 g/mol. The first-order valence-electron chi connectivity index (χ1n) is 5.39. The number of nitrogens with zero attached hydrogens (tertiary/aromatic N) is 1. The van der Waals surface area contributed by atoms with E-state index in [1.54, 1.807) is 11.3 Å². The van der Waals surface area contributed by atoms with Crippen molar-refractivity contribution in [3.63, 3.8) is 0 Å². The van der Waals surface area contributed by atoms with Gasteiger partial charge in [-0.3, -0.25) is 0 Å². The Kier molecular flexibility index (Phi) is 4.07. The van der Waals surface area contributed by atoms with Gasteiger partial charge >= 0.3 is 0 Å². The number of thiazole rings is 1. The minimum atomic E-state index is 1.01. The van der Waals surface area contributed by atoms with E-state index in [1.165, 1.54) is 22.4 Å². The molecule has 1 N–H and O–H groups in total. The van der Waals surface area contributed by atoms with Crippen molar-refractivity contribution in [1.82, 2.24) is 4.98 Å². The smallest absolute Gasteiger partial charge is 0.183 e. The maximum atomic E-state index is 4.57. The van der Waals surface area contributed by atoms with E-state index in [0.717, 1.165) is 17.2 Å². The van der Waals surface area contributed by atoms with Crippen molar-refractivity contribution in [1.29, 1.82) is 0 Å². The standard InChI is InChI=1S/C12H16N2S2/c1-9-4-5-11-10(8-9)14-12(16-11)13-6-3-7-15-2/h4-5,8H,3,6-7H2,1-2H3,(H,13,14). The van der Waals surface area contributed by atoms with Crippen molar-refractivity contribution in [2.75, 3.05) is 23.9 Å². The number of benzene rings is 1. The summed E-state index contributed by atoms with van der Waals surface area (Å²) in [7, 11) is 0. The summed E-state index contributed by atoms with van der Waals surface area (Å²) >= 11 is 3.62. The van der Waals surface area contributed by atoms with Gasteiger partial charge in [-0.25, -0.2) is 4.98 Å². The molecule has 0 amide bonds. The molecular weight excluding hydrogens is 236 g/mol. The average molecular weight is 252 g/mol. The van der Waals surface area contributed by atoms with Crippen LogP contribution in [0, 0.1) is 6.92 Å². The molecule has 0 radical (unpaired) electrons. The van der Waals surface area contributed by atoms with Crippen molar-refractivity contribution in [2.24, 2.45) is 0 Å². The third-order valence-corrected chi connectivity index (χ3v) is 4.04. The summed E-state index contributed by atoms with van der Waals surface area (Å²) in [5, 5.41) is 4.43. The van der Waals surface area contributed by atoms with Crippen LogP contribution in [0.1, 0.15) is 12.0 Å². The van der Waals surface area contributed by atoms with Crippen LogP contribution in [0.5, 0.6) is 0 Å². The van der Waals surface area contributed by atoms with Crippen molar-refractivity contribution >= 4 is 38.4 Å². The van der Waals surface area contributed by atoms with E-state index in [0.29, 0.717) is 0 Å². The fraction of sp³-hybridized carbons (Fsp3) is 0.417. The molecule has 2 nitrogen and oxygen atoms in total. The maximum Gasteiger partial charge on any atom is 0.183 e. The Balaban J connectivity index is 2.02. The molecule has 16 heavy (non-hydrogen) atoms. The molecule has 4 heteroatoms. The molecule has 1 aromatic heterocycles. The van der Waals surface area contributed by atoms with Crippen LogP contribution in [-0.4, -0.2) is 23.5 Å². The summed E-state index contributed by atoms with van der Waals surface area (Å²) in [5.41, 5.74) is 2.38. The molecule has 1 heterocycles. The van der Waals surface area contributed by atoms with Crippen LogP contribution in [0.3, 0.4) is 0 Å². The molecule has 0 bridgehead atoms. The van der Waals surface area contributed by atoms with Crippen LogP contribution < -0.4 is 5.32 Å². The highest BCUT2D eigenvalue weighted by Gasteiger charge is 2.02. The Morgan fingerprint density at radius 1 is 1.44 bits per heavy atom. The van der Waals surface area contributed by atoms with Gasteiger partial charge in [0.05, 0.1) is 10.2 Å². The van der Waals surface area contributed by atoms with Crippen molar-refractivity contribution < 1.29 is 0 Å². The molecule has 2 rings (SSSR count). The number of hydrogen-bond donors (Lipinski definition) is 1. The van der Waals surface area contributed by atoms with E-state index >= 15 is 0 Å². The number of thioether (sulfide) groups is 1. The van der Waals surface area contributed by atoms with Crippen molar-refractivity contribution in [3.8, 4) is 0 Å². The lowest BCUT2D eigenvalue weighted by atomic mass is 10.2. The van der Waals surface area contributed by atoms with Gasteiger partial charge < -0.3 is 5.32 Å². The lowest BCUT2D eigenvalue weighted by molar-refractivity contribution is 0.991. The highest BCUT2D eigenvalue weighted by atomic mass is 32.2. The number of fused-ring (bicyclic) bond motifs is 1. The molecule has 0 unspecified atom stereocenters. The largest absolute Gasteiger partial charge is 0.361 e. The Labute approximate surface area is 104 Å². The van der Waals surface area contributed by atoms with Gasteiger partial charge in [0.1, 0.15) is 0 Å². The highest BCUT2D eigenvalue weighted by molar-refractivity contribution is 7.98. The molecule has 0 aliphatic rings. The zero-order valence-corrected chi connectivity index (χ0v) is 11.3. The van der Waals surface area contributed by atoms with Gasteiger partial charge in [-0.2, -0.15) is 11.8 Å². The summed E-state index contributed by atoms with van der Waals surface area (Å²) in [5.74, 6) is 1.21. The van der Waals surface area contributed by atoms with Crippen molar-refractivity contribution in [2.45, 2.75) is 13.3 Å². The first-order valence-corrected chi connectivity index (χ1v) is 7.60. The van der Waals surface area contributed by atoms with Gasteiger partial charge in [0.2, 0.25) is 0 Å². The van der Waals surface area contributed by atoms with E-state index in [4.69, 9.17) is 0 Å². The molecule has 1 aromatic carbocycles. The normalized spacial score (nSPS) is 10.9. The molecule has 0 aliphatic carbocycles. The summed E-state index contributed by atoms with van der Waals surface area (Å²) in [6.45, 7) is 3.12. The Hall–Kier alpha value is -0.740. The Morgan fingerprint density at radius 3 is 3.12 bits per heavy atom. The number of rotatable bonds is 5. The van der Waals surface area contributed by atoms with Crippen molar-refractivity contribution in [3.05, 3.63) is 23.8 Å². The molecule has 0 spiro atoms. The lowest BCUT2D eigenvalue weighted by Gasteiger charge is -1.99.